The van der Waals surface area contributed by atoms with Gasteiger partial charge in [0.2, 0.25) is 5.91 Å². The van der Waals surface area contributed by atoms with E-state index < -0.39 is 0 Å². The average molecular weight is 416 g/mol. The monoisotopic (exact) mass is 415 g/mol. The number of anilines is 2. The van der Waals surface area contributed by atoms with Gasteiger partial charge in [0.05, 0.1) is 18.7 Å². The first-order valence-corrected chi connectivity index (χ1v) is 10.2. The van der Waals surface area contributed by atoms with Gasteiger partial charge in [-0.05, 0) is 55.3 Å². The van der Waals surface area contributed by atoms with Crippen molar-refractivity contribution in [1.82, 2.24) is 4.90 Å². The number of likely N-dealkylation sites (tertiary alicyclic amines) is 1. The van der Waals surface area contributed by atoms with Crippen LogP contribution in [0.5, 0.6) is 5.75 Å². The van der Waals surface area contributed by atoms with Crippen LogP contribution < -0.4 is 15.4 Å². The number of halogens is 1. The summed E-state index contributed by atoms with van der Waals surface area (Å²) in [5.41, 5.74) is 2.03. The van der Waals surface area contributed by atoms with Crippen molar-refractivity contribution in [3.05, 3.63) is 53.1 Å². The molecule has 1 saturated heterocycles. The molecule has 2 aromatic rings. The second-order valence-corrected chi connectivity index (χ2v) is 7.44. The number of nitrogens with zero attached hydrogens (tertiary/aromatic N) is 1. The van der Waals surface area contributed by atoms with E-state index in [1.165, 1.54) is 12.8 Å². The average Bonchev–Trinajstić information content (AvgIpc) is 3.02. The maximum atomic E-state index is 12.6. The minimum atomic E-state index is -0.191. The van der Waals surface area contributed by atoms with E-state index in [1.54, 1.807) is 49.6 Å². The smallest absolute Gasteiger partial charge is 0.253 e. The number of carbonyl (C=O) groups excluding carboxylic acids is 2. The van der Waals surface area contributed by atoms with Crippen LogP contribution in [0.1, 0.15) is 36.0 Å². The van der Waals surface area contributed by atoms with Crippen molar-refractivity contribution in [3.8, 4) is 5.75 Å². The van der Waals surface area contributed by atoms with Crippen LogP contribution in [0.2, 0.25) is 5.02 Å². The molecule has 0 spiro atoms. The zero-order valence-electron chi connectivity index (χ0n) is 16.5. The molecule has 6 nitrogen and oxygen atoms in total. The fourth-order valence-corrected chi connectivity index (χ4v) is 3.57. The van der Waals surface area contributed by atoms with Crippen LogP contribution in [0.25, 0.3) is 0 Å². The van der Waals surface area contributed by atoms with Gasteiger partial charge in [0.15, 0.2) is 0 Å². The lowest BCUT2D eigenvalue weighted by atomic mass is 10.1. The summed E-state index contributed by atoms with van der Waals surface area (Å²) in [6, 6.07) is 12.3. The van der Waals surface area contributed by atoms with Crippen molar-refractivity contribution < 1.29 is 14.3 Å². The Bertz CT molecular complexity index is 847. The standard InChI is InChI=1S/C22H26ClN3O3/c1-29-20-11-10-18(14-19(20)23)24-15-21(27)25-17-8-6-16(7-9-17)22(28)26-12-4-2-3-5-13-26/h6-11,14,24H,2-5,12-13,15H2,1H3,(H,25,27). The lowest BCUT2D eigenvalue weighted by Crippen LogP contribution is -2.31. The number of benzene rings is 2. The normalized spacial score (nSPS) is 14.1. The summed E-state index contributed by atoms with van der Waals surface area (Å²) in [5, 5.41) is 6.32. The number of carbonyl (C=O) groups is 2. The molecule has 7 heteroatoms. The molecule has 154 valence electrons. The third-order valence-corrected chi connectivity index (χ3v) is 5.21. The predicted molar refractivity (Wildman–Crippen MR) is 116 cm³/mol. The topological polar surface area (TPSA) is 70.7 Å². The number of hydrogen-bond donors (Lipinski definition) is 2. The van der Waals surface area contributed by atoms with Gasteiger partial charge in [-0.2, -0.15) is 0 Å². The highest BCUT2D eigenvalue weighted by Gasteiger charge is 2.17. The fourth-order valence-electron chi connectivity index (χ4n) is 3.32. The molecule has 1 aliphatic heterocycles. The summed E-state index contributed by atoms with van der Waals surface area (Å²) in [4.78, 5) is 26.7. The Morgan fingerprint density at radius 1 is 1.00 bits per heavy atom. The van der Waals surface area contributed by atoms with Crippen LogP contribution in [0.15, 0.2) is 42.5 Å². The van der Waals surface area contributed by atoms with E-state index in [2.05, 4.69) is 10.6 Å². The third-order valence-electron chi connectivity index (χ3n) is 4.91. The van der Waals surface area contributed by atoms with E-state index in [1.807, 2.05) is 4.90 Å². The summed E-state index contributed by atoms with van der Waals surface area (Å²) in [5.74, 6) is 0.447. The van der Waals surface area contributed by atoms with Gasteiger partial charge in [0.25, 0.3) is 5.91 Å². The number of methoxy groups -OCH3 is 1. The van der Waals surface area contributed by atoms with Gasteiger partial charge in [0.1, 0.15) is 5.75 Å². The van der Waals surface area contributed by atoms with Crippen molar-refractivity contribution >= 4 is 34.8 Å². The molecule has 2 amide bonds. The molecule has 29 heavy (non-hydrogen) atoms. The number of ether oxygens (including phenoxy) is 1. The second kappa shape index (κ2) is 10.2. The first kappa shape index (κ1) is 21.0. The molecule has 0 atom stereocenters. The van der Waals surface area contributed by atoms with E-state index in [4.69, 9.17) is 16.3 Å². The van der Waals surface area contributed by atoms with Gasteiger partial charge >= 0.3 is 0 Å². The Labute approximate surface area is 176 Å². The quantitative estimate of drug-likeness (QED) is 0.732. The molecule has 0 aromatic heterocycles. The number of amides is 2. The lowest BCUT2D eigenvalue weighted by Gasteiger charge is -2.20. The molecule has 0 aliphatic carbocycles. The van der Waals surface area contributed by atoms with Crippen LogP contribution in [0.4, 0.5) is 11.4 Å². The Hall–Kier alpha value is -2.73. The minimum absolute atomic E-state index is 0.0582. The van der Waals surface area contributed by atoms with Crippen LogP contribution in [-0.2, 0) is 4.79 Å². The number of rotatable bonds is 6. The molecule has 0 unspecified atom stereocenters. The van der Waals surface area contributed by atoms with Gasteiger partial charge in [-0.15, -0.1) is 0 Å². The van der Waals surface area contributed by atoms with Crippen LogP contribution >= 0.6 is 11.6 Å². The van der Waals surface area contributed by atoms with Crippen molar-refractivity contribution in [2.24, 2.45) is 0 Å². The SMILES string of the molecule is COc1ccc(NCC(=O)Nc2ccc(C(=O)N3CCCCCC3)cc2)cc1Cl. The molecular formula is C22H26ClN3O3. The summed E-state index contributed by atoms with van der Waals surface area (Å²) < 4.78 is 5.11. The summed E-state index contributed by atoms with van der Waals surface area (Å²) in [7, 11) is 1.55. The van der Waals surface area contributed by atoms with Crippen molar-refractivity contribution in [2.45, 2.75) is 25.7 Å². The zero-order valence-corrected chi connectivity index (χ0v) is 17.3. The molecule has 0 saturated carbocycles. The summed E-state index contributed by atoms with van der Waals surface area (Å²) in [6.45, 7) is 1.73. The summed E-state index contributed by atoms with van der Waals surface area (Å²) in [6.07, 6.45) is 4.50. The van der Waals surface area contributed by atoms with Gasteiger partial charge in [0, 0.05) is 30.0 Å². The maximum Gasteiger partial charge on any atom is 0.253 e. The predicted octanol–water partition coefficient (Wildman–Crippen LogP) is 4.42. The van der Waals surface area contributed by atoms with Crippen LogP contribution in [-0.4, -0.2) is 43.5 Å². The van der Waals surface area contributed by atoms with Crippen molar-refractivity contribution in [1.29, 1.82) is 0 Å². The van der Waals surface area contributed by atoms with E-state index in [0.717, 1.165) is 31.6 Å². The Balaban J connectivity index is 1.51. The minimum Gasteiger partial charge on any atom is -0.495 e. The van der Waals surface area contributed by atoms with E-state index in [-0.39, 0.29) is 18.4 Å². The lowest BCUT2D eigenvalue weighted by molar-refractivity contribution is -0.114. The highest BCUT2D eigenvalue weighted by molar-refractivity contribution is 6.32. The van der Waals surface area contributed by atoms with E-state index in [0.29, 0.717) is 22.0 Å². The Morgan fingerprint density at radius 2 is 1.66 bits per heavy atom. The first-order chi connectivity index (χ1) is 14.1. The fraction of sp³-hybridized carbons (Fsp3) is 0.364. The van der Waals surface area contributed by atoms with E-state index in [9.17, 15) is 9.59 Å². The maximum absolute atomic E-state index is 12.6. The van der Waals surface area contributed by atoms with Crippen molar-refractivity contribution in [2.75, 3.05) is 37.4 Å². The van der Waals surface area contributed by atoms with Gasteiger partial charge < -0.3 is 20.3 Å². The molecule has 0 bridgehead atoms. The van der Waals surface area contributed by atoms with Gasteiger partial charge in [-0.3, -0.25) is 9.59 Å². The molecule has 0 radical (unpaired) electrons. The molecular weight excluding hydrogens is 390 g/mol. The third kappa shape index (κ3) is 5.87. The van der Waals surface area contributed by atoms with E-state index >= 15 is 0 Å². The zero-order chi connectivity index (χ0) is 20.6. The molecule has 1 heterocycles. The molecule has 1 fully saturated rings. The first-order valence-electron chi connectivity index (χ1n) is 9.83. The highest BCUT2D eigenvalue weighted by atomic mass is 35.5. The van der Waals surface area contributed by atoms with Gasteiger partial charge in [-0.1, -0.05) is 24.4 Å². The Kier molecular flexibility index (Phi) is 7.36. The molecule has 3 rings (SSSR count). The van der Waals surface area contributed by atoms with Crippen LogP contribution in [0.3, 0.4) is 0 Å². The van der Waals surface area contributed by atoms with Crippen LogP contribution in [0, 0.1) is 0 Å². The Morgan fingerprint density at radius 3 is 2.28 bits per heavy atom. The molecule has 2 aromatic carbocycles. The molecule has 1 aliphatic rings. The van der Waals surface area contributed by atoms with Crippen molar-refractivity contribution in [3.63, 3.8) is 0 Å². The summed E-state index contributed by atoms with van der Waals surface area (Å²) >= 11 is 6.08. The number of nitrogens with one attached hydrogen (secondary N) is 2. The molecule has 2 N–H and O–H groups in total. The largest absolute Gasteiger partial charge is 0.495 e. The number of hydrogen-bond acceptors (Lipinski definition) is 4. The highest BCUT2D eigenvalue weighted by Crippen LogP contribution is 2.27. The second-order valence-electron chi connectivity index (χ2n) is 7.03. The van der Waals surface area contributed by atoms with Gasteiger partial charge in [-0.25, -0.2) is 0 Å².